The predicted molar refractivity (Wildman–Crippen MR) is 155 cm³/mol. The average molecular weight is 560 g/mol. The van der Waals surface area contributed by atoms with E-state index in [1.807, 2.05) is 31.2 Å². The molecule has 2 aliphatic rings. The molecule has 3 heterocycles. The average Bonchev–Trinajstić information content (AvgIpc) is 2.97. The number of aromatic nitrogens is 1. The maximum Gasteiger partial charge on any atom is 0.258 e. The number of carbonyl (C=O) groups excluding carboxylic acids is 4. The molecule has 0 radical (unpaired) electrons. The molecule has 1 aromatic heterocycles. The molecule has 10 heteroatoms. The molecule has 1 fully saturated rings. The lowest BCUT2D eigenvalue weighted by Gasteiger charge is -2.35. The van der Waals surface area contributed by atoms with Crippen LogP contribution in [0.1, 0.15) is 64.3 Å². The zero-order valence-electron chi connectivity index (χ0n) is 23.9. The number of amides is 3. The lowest BCUT2D eigenvalue weighted by atomic mass is 9.90. The number of fused-ring (bicyclic) bond motifs is 4. The van der Waals surface area contributed by atoms with Crippen molar-refractivity contribution in [3.63, 3.8) is 0 Å². The van der Waals surface area contributed by atoms with E-state index >= 15 is 0 Å². The van der Waals surface area contributed by atoms with Crippen LogP contribution in [0.4, 0.5) is 0 Å². The molecule has 10 nitrogen and oxygen atoms in total. The highest BCUT2D eigenvalue weighted by Crippen LogP contribution is 2.25. The van der Waals surface area contributed by atoms with Crippen LogP contribution >= 0.6 is 0 Å². The molecule has 41 heavy (non-hydrogen) atoms. The molecular weight excluding hydrogens is 522 g/mol. The topological polar surface area (TPSA) is 130 Å². The fourth-order valence-corrected chi connectivity index (χ4v) is 4.75. The van der Waals surface area contributed by atoms with Crippen molar-refractivity contribution in [1.29, 1.82) is 0 Å². The number of hydrogen-bond donors (Lipinski definition) is 3. The summed E-state index contributed by atoms with van der Waals surface area (Å²) in [4.78, 5) is 56.9. The largest absolute Gasteiger partial charge is 0.366 e. The van der Waals surface area contributed by atoms with Gasteiger partial charge in [0.2, 0.25) is 11.8 Å². The van der Waals surface area contributed by atoms with Crippen LogP contribution in [-0.2, 0) is 23.9 Å². The van der Waals surface area contributed by atoms with E-state index in [2.05, 4.69) is 27.0 Å². The summed E-state index contributed by atoms with van der Waals surface area (Å²) in [7, 11) is 0. The van der Waals surface area contributed by atoms with Crippen LogP contribution < -0.4 is 16.1 Å². The standard InChI is InChI=1S/C31H37N5O5/c1-6-8-26-28(38)33-19(2)29(39)36-14-7-9-25(35-36)27(37)18-41-20(3)21-10-11-22-17-32-24(16-23(22)15-21)12-13-31(4,5)30(40)34-26/h1,10-13,15-17,19-20,25-26,35H,7-9,14,18H2,2-5H3,(H,33,38)(H,34,40)/b13-12+/t19-,20+,25-,26-/m0/s1. The quantitative estimate of drug-likeness (QED) is 0.458. The molecule has 0 spiro atoms. The lowest BCUT2D eigenvalue weighted by molar-refractivity contribution is -0.143. The lowest BCUT2D eigenvalue weighted by Crippen LogP contribution is -2.60. The van der Waals surface area contributed by atoms with Gasteiger partial charge in [-0.3, -0.25) is 29.2 Å². The summed E-state index contributed by atoms with van der Waals surface area (Å²) in [5.74, 6) is 0.886. The maximum absolute atomic E-state index is 13.2. The summed E-state index contributed by atoms with van der Waals surface area (Å²) in [6, 6.07) is 5.27. The molecule has 2 aliphatic heterocycles. The number of terminal acetylenes is 1. The third-order valence-electron chi connectivity index (χ3n) is 7.48. The van der Waals surface area contributed by atoms with Gasteiger partial charge < -0.3 is 15.4 Å². The first-order valence-corrected chi connectivity index (χ1v) is 13.8. The Morgan fingerprint density at radius 1 is 1.12 bits per heavy atom. The van der Waals surface area contributed by atoms with Gasteiger partial charge in [0, 0.05) is 24.5 Å². The fraction of sp³-hybridized carbons (Fsp3) is 0.452. The monoisotopic (exact) mass is 559 g/mol. The minimum atomic E-state index is -1.03. The number of rotatable bonds is 1. The Hall–Kier alpha value is -4.07. The molecule has 0 unspecified atom stereocenters. The Morgan fingerprint density at radius 3 is 2.66 bits per heavy atom. The number of nitrogens with one attached hydrogen (secondary N) is 3. The van der Waals surface area contributed by atoms with Gasteiger partial charge in [0.25, 0.3) is 5.91 Å². The van der Waals surface area contributed by atoms with Crippen LogP contribution in [0, 0.1) is 17.8 Å². The molecule has 4 atom stereocenters. The van der Waals surface area contributed by atoms with E-state index in [1.165, 1.54) is 5.01 Å². The highest BCUT2D eigenvalue weighted by atomic mass is 16.5. The van der Waals surface area contributed by atoms with E-state index in [9.17, 15) is 19.2 Å². The molecule has 1 aromatic carbocycles. The van der Waals surface area contributed by atoms with Crippen molar-refractivity contribution in [2.75, 3.05) is 13.2 Å². The Morgan fingerprint density at radius 2 is 1.90 bits per heavy atom. The second kappa shape index (κ2) is 12.6. The number of carbonyl (C=O) groups is 4. The zero-order valence-corrected chi connectivity index (χ0v) is 23.9. The van der Waals surface area contributed by atoms with Gasteiger partial charge in [0.05, 0.1) is 23.3 Å². The molecule has 1 saturated heterocycles. The summed E-state index contributed by atoms with van der Waals surface area (Å²) >= 11 is 0. The van der Waals surface area contributed by atoms with Crippen molar-refractivity contribution in [2.45, 2.75) is 71.2 Å². The number of hydrogen-bond acceptors (Lipinski definition) is 7. The Labute approximate surface area is 240 Å². The third-order valence-corrected chi connectivity index (χ3v) is 7.48. The van der Waals surface area contributed by atoms with Crippen molar-refractivity contribution in [1.82, 2.24) is 26.1 Å². The number of Topliss-reactive ketones (excluding diaryl/α,β-unsaturated/α-hetero) is 1. The van der Waals surface area contributed by atoms with Gasteiger partial charge in [-0.1, -0.05) is 18.2 Å². The summed E-state index contributed by atoms with van der Waals surface area (Å²) < 4.78 is 5.94. The van der Waals surface area contributed by atoms with Gasteiger partial charge in [-0.05, 0) is 69.7 Å². The summed E-state index contributed by atoms with van der Waals surface area (Å²) in [5.41, 5.74) is 3.57. The smallest absolute Gasteiger partial charge is 0.258 e. The van der Waals surface area contributed by atoms with Gasteiger partial charge in [-0.2, -0.15) is 0 Å². The number of hydrazine groups is 1. The third kappa shape index (κ3) is 7.17. The van der Waals surface area contributed by atoms with Crippen molar-refractivity contribution in [2.24, 2.45) is 5.41 Å². The van der Waals surface area contributed by atoms with Gasteiger partial charge in [0.15, 0.2) is 5.78 Å². The van der Waals surface area contributed by atoms with Crippen LogP contribution in [0.3, 0.4) is 0 Å². The number of ketones is 1. The molecule has 216 valence electrons. The summed E-state index contributed by atoms with van der Waals surface area (Å²) in [6.07, 6.45) is 11.5. The molecule has 3 amide bonds. The highest BCUT2D eigenvalue weighted by Gasteiger charge is 2.33. The fourth-order valence-electron chi connectivity index (χ4n) is 4.75. The van der Waals surface area contributed by atoms with Crippen molar-refractivity contribution in [3.8, 4) is 12.3 Å². The minimum absolute atomic E-state index is 0.0518. The first-order valence-electron chi connectivity index (χ1n) is 13.8. The molecule has 5 bridgehead atoms. The van der Waals surface area contributed by atoms with E-state index in [0.717, 1.165) is 16.3 Å². The zero-order chi connectivity index (χ0) is 29.7. The molecule has 0 saturated carbocycles. The summed E-state index contributed by atoms with van der Waals surface area (Å²) in [5, 5.41) is 8.63. The predicted octanol–water partition coefficient (Wildman–Crippen LogP) is 2.44. The molecular formula is C31H37N5O5. The molecule has 2 aromatic rings. The summed E-state index contributed by atoms with van der Waals surface area (Å²) in [6.45, 7) is 7.17. The minimum Gasteiger partial charge on any atom is -0.366 e. The molecule has 0 aliphatic carbocycles. The first-order chi connectivity index (χ1) is 19.5. The highest BCUT2D eigenvalue weighted by molar-refractivity contribution is 5.94. The van der Waals surface area contributed by atoms with Gasteiger partial charge in [-0.25, -0.2) is 5.43 Å². The van der Waals surface area contributed by atoms with E-state index in [1.54, 1.807) is 39.1 Å². The Bertz CT molecular complexity index is 1410. The van der Waals surface area contributed by atoms with Crippen molar-refractivity contribution < 1.29 is 23.9 Å². The number of ether oxygens (including phenoxy) is 1. The van der Waals surface area contributed by atoms with Gasteiger partial charge in [0.1, 0.15) is 18.7 Å². The van der Waals surface area contributed by atoms with Crippen molar-refractivity contribution >= 4 is 40.4 Å². The van der Waals surface area contributed by atoms with E-state index in [0.29, 0.717) is 25.1 Å². The maximum atomic E-state index is 13.2. The molecule has 4 rings (SSSR count). The second-order valence-electron chi connectivity index (χ2n) is 11.2. The van der Waals surface area contributed by atoms with Crippen LogP contribution in [0.25, 0.3) is 16.8 Å². The second-order valence-corrected chi connectivity index (χ2v) is 11.2. The van der Waals surface area contributed by atoms with Crippen LogP contribution in [0.15, 0.2) is 36.5 Å². The SMILES string of the molecule is C#CC[C@@H]1NC(=O)C(C)(C)/C=C/c2cc3cc(ccc3cn2)[C@@H](C)OCC(=O)[C@@H]2CCCN(N2)C(=O)[C@H](C)NC1=O. The van der Waals surface area contributed by atoms with E-state index in [4.69, 9.17) is 11.2 Å². The number of nitrogens with zero attached hydrogens (tertiary/aromatic N) is 2. The van der Waals surface area contributed by atoms with Crippen molar-refractivity contribution in [3.05, 3.63) is 47.8 Å². The number of pyridine rings is 1. The van der Waals surface area contributed by atoms with Crippen LogP contribution in [-0.4, -0.2) is 64.8 Å². The van der Waals surface area contributed by atoms with E-state index in [-0.39, 0.29) is 24.9 Å². The first kappa shape index (κ1) is 29.9. The van der Waals surface area contributed by atoms with Crippen LogP contribution in [0.2, 0.25) is 0 Å². The van der Waals surface area contributed by atoms with Gasteiger partial charge >= 0.3 is 0 Å². The number of benzene rings is 1. The van der Waals surface area contributed by atoms with Gasteiger partial charge in [-0.15, -0.1) is 12.3 Å². The van der Waals surface area contributed by atoms with Crippen LogP contribution in [0.5, 0.6) is 0 Å². The Balaban J connectivity index is 1.66. The Kier molecular flexibility index (Phi) is 9.21. The molecule has 3 N–H and O–H groups in total. The normalized spacial score (nSPS) is 27.0. The van der Waals surface area contributed by atoms with E-state index < -0.39 is 41.3 Å².